The molecule has 0 radical (unpaired) electrons. The fourth-order valence-electron chi connectivity index (χ4n) is 6.56. The third-order valence-corrected chi connectivity index (χ3v) is 8.29. The molecule has 0 saturated heterocycles. The average molecular weight is 549 g/mol. The Kier molecular flexibility index (Phi) is 4.68. The van der Waals surface area contributed by atoms with E-state index < -0.39 is 9.85 Å². The third kappa shape index (κ3) is 3.06. The number of rotatable bonds is 3. The summed E-state index contributed by atoms with van der Waals surface area (Å²) in [6, 6.07) is 27.6. The van der Waals surface area contributed by atoms with Crippen LogP contribution in [0.2, 0.25) is 0 Å². The summed E-state index contributed by atoms with van der Waals surface area (Å²) in [6.45, 7) is 0. The molecule has 6 aromatic carbocycles. The van der Waals surface area contributed by atoms with Gasteiger partial charge in [-0.1, -0.05) is 48.5 Å². The SMILES string of the molecule is O=C1c2cccc([N+](=O)[O-])c2-c2cc(-c3cc4c5c(c([N+](=O)[O-])ccc5c3)C(=O)c3ccccc3-4)cc3cccc1c23. The first kappa shape index (κ1) is 23.8. The van der Waals surface area contributed by atoms with Gasteiger partial charge in [0.1, 0.15) is 5.56 Å². The third-order valence-electron chi connectivity index (χ3n) is 8.29. The fraction of sp³-hybridized carbons (Fsp3) is 0. The number of ketones is 2. The number of nitrogens with zero attached hydrogens (tertiary/aromatic N) is 2. The standard InChI is InChI=1S/C34H16N2O6/c37-33-23-8-3-5-17-13-20(16-26(29(17)23)31-24(33)9-4-10-27(31)35(39)40)19-14-18-11-12-28(36(41)42)32-30(18)25(15-19)21-6-1-2-7-22(21)34(32)38/h1-16H. The van der Waals surface area contributed by atoms with Crippen molar-refractivity contribution in [3.8, 4) is 33.4 Å². The van der Waals surface area contributed by atoms with Gasteiger partial charge in [-0.2, -0.15) is 0 Å². The van der Waals surface area contributed by atoms with E-state index in [9.17, 15) is 29.8 Å². The summed E-state index contributed by atoms with van der Waals surface area (Å²) in [5.74, 6) is -0.649. The molecule has 198 valence electrons. The highest BCUT2D eigenvalue weighted by molar-refractivity contribution is 6.29. The van der Waals surface area contributed by atoms with Crippen molar-refractivity contribution in [3.05, 3.63) is 140 Å². The molecular weight excluding hydrogens is 532 g/mol. The zero-order chi connectivity index (χ0) is 28.9. The van der Waals surface area contributed by atoms with Crippen LogP contribution in [-0.2, 0) is 0 Å². The summed E-state index contributed by atoms with van der Waals surface area (Å²) in [5, 5.41) is 26.6. The van der Waals surface area contributed by atoms with E-state index in [0.717, 1.165) is 16.5 Å². The van der Waals surface area contributed by atoms with Gasteiger partial charge in [-0.25, -0.2) is 0 Å². The summed E-state index contributed by atoms with van der Waals surface area (Å²) in [7, 11) is 0. The lowest BCUT2D eigenvalue weighted by Crippen LogP contribution is -2.12. The van der Waals surface area contributed by atoms with E-state index >= 15 is 0 Å². The average Bonchev–Trinajstić information content (AvgIpc) is 3.01. The minimum absolute atomic E-state index is 0.0686. The van der Waals surface area contributed by atoms with Crippen LogP contribution in [0, 0.1) is 20.2 Å². The maximum Gasteiger partial charge on any atom is 0.281 e. The molecule has 0 aromatic heterocycles. The minimum atomic E-state index is -0.532. The van der Waals surface area contributed by atoms with Gasteiger partial charge in [0.2, 0.25) is 5.78 Å². The Labute approximate surface area is 236 Å². The molecule has 0 atom stereocenters. The van der Waals surface area contributed by atoms with Crippen molar-refractivity contribution in [1.29, 1.82) is 0 Å². The number of benzene rings is 6. The molecule has 0 fully saturated rings. The summed E-state index contributed by atoms with van der Waals surface area (Å²) >= 11 is 0. The second-order valence-electron chi connectivity index (χ2n) is 10.4. The van der Waals surface area contributed by atoms with E-state index in [2.05, 4.69) is 0 Å². The number of hydrogen-bond acceptors (Lipinski definition) is 6. The molecule has 0 spiro atoms. The predicted molar refractivity (Wildman–Crippen MR) is 158 cm³/mol. The number of nitro groups is 2. The van der Waals surface area contributed by atoms with E-state index in [1.807, 2.05) is 42.5 Å². The molecule has 0 N–H and O–H groups in total. The van der Waals surface area contributed by atoms with Crippen molar-refractivity contribution in [2.75, 3.05) is 0 Å². The van der Waals surface area contributed by atoms with Crippen molar-refractivity contribution in [2.24, 2.45) is 0 Å². The monoisotopic (exact) mass is 548 g/mol. The zero-order valence-electron chi connectivity index (χ0n) is 21.6. The lowest BCUT2D eigenvalue weighted by atomic mass is 9.79. The molecule has 0 amide bonds. The van der Waals surface area contributed by atoms with Crippen LogP contribution < -0.4 is 0 Å². The van der Waals surface area contributed by atoms with E-state index in [-0.39, 0.29) is 39.6 Å². The molecule has 0 saturated carbocycles. The highest BCUT2D eigenvalue weighted by Crippen LogP contribution is 2.48. The van der Waals surface area contributed by atoms with Crippen LogP contribution in [0.25, 0.3) is 54.9 Å². The van der Waals surface area contributed by atoms with Gasteiger partial charge in [-0.15, -0.1) is 0 Å². The Balaban J connectivity index is 1.47. The number of carbonyl (C=O) groups is 2. The van der Waals surface area contributed by atoms with Gasteiger partial charge in [-0.05, 0) is 75.0 Å². The lowest BCUT2D eigenvalue weighted by molar-refractivity contribution is -0.385. The maximum atomic E-state index is 13.5. The van der Waals surface area contributed by atoms with Crippen molar-refractivity contribution < 1.29 is 19.4 Å². The lowest BCUT2D eigenvalue weighted by Gasteiger charge is -2.23. The van der Waals surface area contributed by atoms with Crippen LogP contribution in [0.3, 0.4) is 0 Å². The fourth-order valence-corrected chi connectivity index (χ4v) is 6.56. The van der Waals surface area contributed by atoms with E-state index in [1.165, 1.54) is 18.2 Å². The zero-order valence-corrected chi connectivity index (χ0v) is 21.6. The second-order valence-corrected chi connectivity index (χ2v) is 10.4. The van der Waals surface area contributed by atoms with Gasteiger partial charge >= 0.3 is 0 Å². The van der Waals surface area contributed by atoms with Crippen molar-refractivity contribution in [2.45, 2.75) is 0 Å². The quantitative estimate of drug-likeness (QED) is 0.163. The molecule has 0 heterocycles. The minimum Gasteiger partial charge on any atom is -0.289 e. The topological polar surface area (TPSA) is 120 Å². The number of carbonyl (C=O) groups excluding carboxylic acids is 2. The van der Waals surface area contributed by atoms with E-state index in [1.54, 1.807) is 36.4 Å². The van der Waals surface area contributed by atoms with Gasteiger partial charge in [0, 0.05) is 39.6 Å². The molecule has 0 unspecified atom stereocenters. The van der Waals surface area contributed by atoms with Crippen molar-refractivity contribution >= 4 is 44.5 Å². The molecule has 2 aliphatic rings. The predicted octanol–water partition coefficient (Wildman–Crippen LogP) is 7.90. The molecule has 8 heteroatoms. The van der Waals surface area contributed by atoms with Gasteiger partial charge in [0.05, 0.1) is 15.4 Å². The normalized spacial score (nSPS) is 12.8. The molecule has 8 nitrogen and oxygen atoms in total. The first-order chi connectivity index (χ1) is 20.3. The van der Waals surface area contributed by atoms with E-state index in [0.29, 0.717) is 44.0 Å². The van der Waals surface area contributed by atoms with Crippen LogP contribution >= 0.6 is 0 Å². The highest BCUT2D eigenvalue weighted by atomic mass is 16.6. The Bertz CT molecular complexity index is 2300. The number of hydrogen-bond donors (Lipinski definition) is 0. The molecular formula is C34H16N2O6. The van der Waals surface area contributed by atoms with Gasteiger partial charge < -0.3 is 0 Å². The summed E-state index contributed by atoms with van der Waals surface area (Å²) in [5.41, 5.74) is 4.60. The van der Waals surface area contributed by atoms with Gasteiger partial charge in [0.15, 0.2) is 5.78 Å². The van der Waals surface area contributed by atoms with Crippen molar-refractivity contribution in [1.82, 2.24) is 0 Å². The Hall–Kier alpha value is -6.02. The molecule has 0 bridgehead atoms. The summed E-state index contributed by atoms with van der Waals surface area (Å²) < 4.78 is 0. The summed E-state index contributed by atoms with van der Waals surface area (Å²) in [4.78, 5) is 49.9. The molecule has 2 aliphatic carbocycles. The van der Waals surface area contributed by atoms with Gasteiger partial charge in [0.25, 0.3) is 11.4 Å². The smallest absolute Gasteiger partial charge is 0.281 e. The Morgan fingerprint density at radius 3 is 1.79 bits per heavy atom. The Morgan fingerprint density at radius 2 is 1.05 bits per heavy atom. The van der Waals surface area contributed by atoms with Gasteiger partial charge in [-0.3, -0.25) is 29.8 Å². The number of fused-ring (bicyclic) bond motifs is 4. The first-order valence-corrected chi connectivity index (χ1v) is 13.1. The van der Waals surface area contributed by atoms with Crippen molar-refractivity contribution in [3.63, 3.8) is 0 Å². The molecule has 6 aromatic rings. The van der Waals surface area contributed by atoms with E-state index in [4.69, 9.17) is 0 Å². The van der Waals surface area contributed by atoms with Crippen LogP contribution in [0.5, 0.6) is 0 Å². The van der Waals surface area contributed by atoms with Crippen LogP contribution in [0.15, 0.2) is 97.1 Å². The second kappa shape index (κ2) is 8.25. The Morgan fingerprint density at radius 1 is 0.452 bits per heavy atom. The maximum absolute atomic E-state index is 13.5. The first-order valence-electron chi connectivity index (χ1n) is 13.1. The van der Waals surface area contributed by atoms with Crippen LogP contribution in [0.4, 0.5) is 11.4 Å². The van der Waals surface area contributed by atoms with Crippen LogP contribution in [-0.4, -0.2) is 21.4 Å². The van der Waals surface area contributed by atoms with Crippen LogP contribution in [0.1, 0.15) is 31.8 Å². The summed E-state index contributed by atoms with van der Waals surface area (Å²) in [6.07, 6.45) is 0. The number of nitro benzene ring substituents is 2. The molecule has 0 aliphatic heterocycles. The highest BCUT2D eigenvalue weighted by Gasteiger charge is 2.34. The molecule has 42 heavy (non-hydrogen) atoms. The molecule has 8 rings (SSSR count). The largest absolute Gasteiger partial charge is 0.289 e.